The van der Waals surface area contributed by atoms with E-state index in [-0.39, 0.29) is 0 Å². The molecule has 102 valence electrons. The third kappa shape index (κ3) is 6.10. The lowest BCUT2D eigenvalue weighted by Crippen LogP contribution is -2.25. The average Bonchev–Trinajstić information content (AvgIpc) is 2.31. The molecule has 0 heterocycles. The Labute approximate surface area is 109 Å². The first-order chi connectivity index (χ1) is 8.61. The van der Waals surface area contributed by atoms with Gasteiger partial charge in [0.25, 0.3) is 0 Å². The van der Waals surface area contributed by atoms with Gasteiger partial charge in [0.15, 0.2) is 0 Å². The fraction of sp³-hybridized carbons (Fsp3) is 0.600. The van der Waals surface area contributed by atoms with Gasteiger partial charge >= 0.3 is 0 Å². The summed E-state index contributed by atoms with van der Waals surface area (Å²) in [7, 11) is 0. The van der Waals surface area contributed by atoms with E-state index in [1.165, 1.54) is 37.8 Å². The monoisotopic (exact) mass is 255 g/mol. The predicted octanol–water partition coefficient (Wildman–Crippen LogP) is 4.41. The highest BCUT2D eigenvalue weighted by molar-refractivity contribution is 5.17. The quantitative estimate of drug-likeness (QED) is 0.678. The third-order valence-electron chi connectivity index (χ3n) is 3.07. The van der Waals surface area contributed by atoms with E-state index in [0.717, 1.165) is 12.5 Å². The van der Waals surface area contributed by atoms with Crippen molar-refractivity contribution in [3.8, 4) is 0 Å². The molecule has 1 atom stereocenters. The van der Waals surface area contributed by atoms with Crippen LogP contribution < -0.4 is 5.32 Å². The van der Waals surface area contributed by atoms with Gasteiger partial charge in [-0.3, -0.25) is 0 Å². The van der Waals surface area contributed by atoms with Gasteiger partial charge in [-0.25, -0.2) is 8.78 Å². The predicted molar refractivity (Wildman–Crippen MR) is 71.4 cm³/mol. The van der Waals surface area contributed by atoms with Gasteiger partial charge < -0.3 is 5.32 Å². The molecule has 0 spiro atoms. The van der Waals surface area contributed by atoms with Gasteiger partial charge in [0.05, 0.1) is 0 Å². The molecular weight excluding hydrogens is 232 g/mol. The molecule has 0 aliphatic carbocycles. The molecule has 0 radical (unpaired) electrons. The molecule has 0 amide bonds. The lowest BCUT2D eigenvalue weighted by Gasteiger charge is -2.13. The molecule has 1 unspecified atom stereocenters. The molecule has 0 fully saturated rings. The van der Waals surface area contributed by atoms with Crippen molar-refractivity contribution in [2.45, 2.75) is 58.5 Å². The Morgan fingerprint density at radius 3 is 2.33 bits per heavy atom. The fourth-order valence-corrected chi connectivity index (χ4v) is 1.98. The molecule has 0 bridgehead atoms. The fourth-order valence-electron chi connectivity index (χ4n) is 1.98. The van der Waals surface area contributed by atoms with Crippen molar-refractivity contribution in [1.82, 2.24) is 5.32 Å². The number of benzene rings is 1. The van der Waals surface area contributed by atoms with E-state index in [1.54, 1.807) is 0 Å². The molecule has 1 rings (SSSR count). The number of hydrogen-bond acceptors (Lipinski definition) is 1. The minimum atomic E-state index is -0.512. The van der Waals surface area contributed by atoms with Crippen LogP contribution in [-0.2, 0) is 6.54 Å². The summed E-state index contributed by atoms with van der Waals surface area (Å²) in [5.74, 6) is -1.02. The Morgan fingerprint density at radius 2 is 1.72 bits per heavy atom. The zero-order valence-electron chi connectivity index (χ0n) is 11.3. The maximum absolute atomic E-state index is 13.0. The maximum atomic E-state index is 13.0. The first-order valence-corrected chi connectivity index (χ1v) is 6.80. The highest BCUT2D eigenvalue weighted by atomic mass is 19.1. The van der Waals surface area contributed by atoms with Crippen LogP contribution in [0.3, 0.4) is 0 Å². The number of rotatable bonds is 8. The summed E-state index contributed by atoms with van der Waals surface area (Å²) in [5.41, 5.74) is 0.660. The summed E-state index contributed by atoms with van der Waals surface area (Å²) >= 11 is 0. The van der Waals surface area contributed by atoms with Gasteiger partial charge in [0.1, 0.15) is 11.6 Å². The average molecular weight is 255 g/mol. The SMILES string of the molecule is CCCCCCC(C)NCc1cc(F)cc(F)c1. The molecule has 0 aliphatic rings. The standard InChI is InChI=1S/C15H23F2N/c1-3-4-5-6-7-12(2)18-11-13-8-14(16)10-15(17)9-13/h8-10,12,18H,3-7,11H2,1-2H3. The molecule has 0 saturated carbocycles. The topological polar surface area (TPSA) is 12.0 Å². The van der Waals surface area contributed by atoms with E-state index in [9.17, 15) is 8.78 Å². The Hall–Kier alpha value is -0.960. The van der Waals surface area contributed by atoms with Crippen molar-refractivity contribution < 1.29 is 8.78 Å². The van der Waals surface area contributed by atoms with Crippen LogP contribution in [0.5, 0.6) is 0 Å². The summed E-state index contributed by atoms with van der Waals surface area (Å²) < 4.78 is 25.9. The van der Waals surface area contributed by atoms with E-state index in [1.807, 2.05) is 0 Å². The summed E-state index contributed by atoms with van der Waals surface area (Å²) in [6, 6.07) is 4.03. The van der Waals surface area contributed by atoms with Crippen molar-refractivity contribution in [2.75, 3.05) is 0 Å². The minimum Gasteiger partial charge on any atom is -0.310 e. The summed E-state index contributed by atoms with van der Waals surface area (Å²) in [6.45, 7) is 4.82. The summed E-state index contributed by atoms with van der Waals surface area (Å²) in [4.78, 5) is 0. The van der Waals surface area contributed by atoms with Gasteiger partial charge in [0, 0.05) is 18.7 Å². The van der Waals surface area contributed by atoms with Crippen LogP contribution in [-0.4, -0.2) is 6.04 Å². The van der Waals surface area contributed by atoms with Crippen molar-refractivity contribution in [3.63, 3.8) is 0 Å². The van der Waals surface area contributed by atoms with Crippen LogP contribution in [0.2, 0.25) is 0 Å². The Balaban J connectivity index is 2.26. The summed E-state index contributed by atoms with van der Waals surface area (Å²) in [6.07, 6.45) is 6.10. The van der Waals surface area contributed by atoms with Crippen molar-refractivity contribution in [2.24, 2.45) is 0 Å². The molecule has 0 aliphatic heterocycles. The Bertz CT molecular complexity index is 332. The molecule has 3 heteroatoms. The van der Waals surface area contributed by atoms with Crippen LogP contribution in [0.4, 0.5) is 8.78 Å². The van der Waals surface area contributed by atoms with Gasteiger partial charge in [-0.1, -0.05) is 32.6 Å². The lowest BCUT2D eigenvalue weighted by atomic mass is 10.1. The largest absolute Gasteiger partial charge is 0.310 e. The van der Waals surface area contributed by atoms with Crippen LogP contribution in [0.1, 0.15) is 51.5 Å². The number of nitrogens with one attached hydrogen (secondary N) is 1. The van der Waals surface area contributed by atoms with Crippen molar-refractivity contribution in [1.29, 1.82) is 0 Å². The van der Waals surface area contributed by atoms with E-state index in [4.69, 9.17) is 0 Å². The molecular formula is C15H23F2N. The molecule has 0 aromatic heterocycles. The van der Waals surface area contributed by atoms with Crippen molar-refractivity contribution in [3.05, 3.63) is 35.4 Å². The second-order valence-corrected chi connectivity index (χ2v) is 4.91. The van der Waals surface area contributed by atoms with E-state index >= 15 is 0 Å². The van der Waals surface area contributed by atoms with Crippen LogP contribution in [0.25, 0.3) is 0 Å². The second-order valence-electron chi connectivity index (χ2n) is 4.91. The van der Waals surface area contributed by atoms with Gasteiger partial charge in [-0.05, 0) is 31.0 Å². The first kappa shape index (κ1) is 15.1. The zero-order chi connectivity index (χ0) is 13.4. The van der Waals surface area contributed by atoms with Gasteiger partial charge in [0.2, 0.25) is 0 Å². The molecule has 0 saturated heterocycles. The van der Waals surface area contributed by atoms with E-state index < -0.39 is 11.6 Å². The third-order valence-corrected chi connectivity index (χ3v) is 3.07. The molecule has 1 N–H and O–H groups in total. The highest BCUT2D eigenvalue weighted by Crippen LogP contribution is 2.09. The Kier molecular flexibility index (Phi) is 6.88. The number of unbranched alkanes of at least 4 members (excludes halogenated alkanes) is 3. The first-order valence-electron chi connectivity index (χ1n) is 6.80. The Morgan fingerprint density at radius 1 is 1.06 bits per heavy atom. The molecule has 1 aromatic rings. The zero-order valence-corrected chi connectivity index (χ0v) is 11.3. The number of hydrogen-bond donors (Lipinski definition) is 1. The van der Waals surface area contributed by atoms with Crippen LogP contribution in [0, 0.1) is 11.6 Å². The number of halogens is 2. The van der Waals surface area contributed by atoms with Crippen LogP contribution >= 0.6 is 0 Å². The highest BCUT2D eigenvalue weighted by Gasteiger charge is 2.04. The molecule has 18 heavy (non-hydrogen) atoms. The minimum absolute atomic E-state index is 0.383. The van der Waals surface area contributed by atoms with E-state index in [2.05, 4.69) is 19.2 Å². The van der Waals surface area contributed by atoms with Crippen molar-refractivity contribution >= 4 is 0 Å². The molecule has 1 nitrogen and oxygen atoms in total. The second kappa shape index (κ2) is 8.20. The smallest absolute Gasteiger partial charge is 0.126 e. The molecule has 1 aromatic carbocycles. The van der Waals surface area contributed by atoms with Gasteiger partial charge in [-0.15, -0.1) is 0 Å². The van der Waals surface area contributed by atoms with Gasteiger partial charge in [-0.2, -0.15) is 0 Å². The summed E-state index contributed by atoms with van der Waals surface area (Å²) in [5, 5.41) is 3.30. The normalized spacial score (nSPS) is 12.7. The maximum Gasteiger partial charge on any atom is 0.126 e. The van der Waals surface area contributed by atoms with Crippen LogP contribution in [0.15, 0.2) is 18.2 Å². The van der Waals surface area contributed by atoms with E-state index in [0.29, 0.717) is 18.2 Å². The lowest BCUT2D eigenvalue weighted by molar-refractivity contribution is 0.480.